The molecule has 8 nitrogen and oxygen atoms in total. The molecule has 0 saturated heterocycles. The van der Waals surface area contributed by atoms with Crippen molar-refractivity contribution in [1.82, 2.24) is 0 Å². The second-order valence-electron chi connectivity index (χ2n) is 2.07. The number of benzene rings is 1. The van der Waals surface area contributed by atoms with Crippen LogP contribution >= 0.6 is 0 Å². The average Bonchev–Trinajstić information content (AvgIpc) is 2.18. The first-order chi connectivity index (χ1) is 7.86. The number of rotatable bonds is 0. The molecule has 0 aliphatic heterocycles. The van der Waals surface area contributed by atoms with Gasteiger partial charge in [0.15, 0.2) is 0 Å². The number of hydrogen-bond acceptors (Lipinski definition) is 4. The Hall–Kier alpha value is -2.77. The van der Waals surface area contributed by atoms with E-state index in [1.165, 1.54) is 0 Å². The minimum Gasteiger partial charge on any atom is -0.450 e. The van der Waals surface area contributed by atoms with E-state index in [2.05, 4.69) is 4.74 Å². The molecule has 94 valence electrons. The van der Waals surface area contributed by atoms with Crippen molar-refractivity contribution in [3.63, 3.8) is 0 Å². The van der Waals surface area contributed by atoms with Crippen LogP contribution < -0.4 is 0 Å². The first-order valence-electron chi connectivity index (χ1n) is 3.92. The Kier molecular flexibility index (Phi) is 11.1. The van der Waals surface area contributed by atoms with E-state index in [0.717, 1.165) is 0 Å². The first-order valence-corrected chi connectivity index (χ1v) is 3.92. The molecule has 0 heterocycles. The van der Waals surface area contributed by atoms with Crippen LogP contribution in [-0.4, -0.2) is 38.9 Å². The summed E-state index contributed by atoms with van der Waals surface area (Å²) >= 11 is 0. The third-order valence-corrected chi connectivity index (χ3v) is 0.841. The van der Waals surface area contributed by atoms with Gasteiger partial charge in [0.1, 0.15) is 0 Å². The monoisotopic (exact) mass is 246 g/mol. The number of hydrogen-bond donors (Lipinski definition) is 4. The van der Waals surface area contributed by atoms with E-state index in [9.17, 15) is 9.59 Å². The van der Waals surface area contributed by atoms with Crippen LogP contribution in [0.4, 0.5) is 14.4 Å². The average molecular weight is 246 g/mol. The minimum atomic E-state index is -1.83. The second kappa shape index (κ2) is 11.3. The summed E-state index contributed by atoms with van der Waals surface area (Å²) in [5.41, 5.74) is 0. The maximum absolute atomic E-state index is 9.21. The van der Waals surface area contributed by atoms with Gasteiger partial charge in [0, 0.05) is 0 Å². The summed E-state index contributed by atoms with van der Waals surface area (Å²) in [6, 6.07) is 12.0. The smallest absolute Gasteiger partial charge is 0.450 e. The Bertz CT molecular complexity index is 291. The van der Waals surface area contributed by atoms with E-state index in [1.54, 1.807) is 0 Å². The standard InChI is InChI=1S/C6H6.C2H2O5.CH2O3/c1-2-4-6-5-3-1;3-1(4)7-2(5)6;2-1(3)4/h1-6H;(H,3,4)(H,5,6);(H2,2,3,4). The van der Waals surface area contributed by atoms with Crippen LogP contribution in [0.5, 0.6) is 0 Å². The van der Waals surface area contributed by atoms with Crippen molar-refractivity contribution >= 4 is 18.5 Å². The fourth-order valence-electron chi connectivity index (χ4n) is 0.460. The molecule has 0 saturated carbocycles. The zero-order valence-corrected chi connectivity index (χ0v) is 8.39. The maximum atomic E-state index is 9.21. The highest BCUT2D eigenvalue weighted by atomic mass is 16.7. The second-order valence-corrected chi connectivity index (χ2v) is 2.07. The van der Waals surface area contributed by atoms with Gasteiger partial charge >= 0.3 is 18.5 Å². The van der Waals surface area contributed by atoms with Gasteiger partial charge in [0.05, 0.1) is 0 Å². The molecule has 0 aliphatic carbocycles. The lowest BCUT2D eigenvalue weighted by Crippen LogP contribution is -2.05. The molecular formula is C9H10O8. The van der Waals surface area contributed by atoms with Gasteiger partial charge in [-0.3, -0.25) is 0 Å². The number of carboxylic acid groups (broad SMARTS) is 4. The zero-order chi connectivity index (χ0) is 13.7. The first kappa shape index (κ1) is 16.7. The summed E-state index contributed by atoms with van der Waals surface area (Å²) in [6.45, 7) is 0. The van der Waals surface area contributed by atoms with E-state index in [-0.39, 0.29) is 0 Å². The minimum absolute atomic E-state index is 1.81. The fraction of sp³-hybridized carbons (Fsp3) is 0. The Labute approximate surface area is 95.3 Å². The molecule has 1 aromatic rings. The van der Waals surface area contributed by atoms with Crippen LogP contribution in [-0.2, 0) is 4.74 Å². The molecule has 0 fully saturated rings. The van der Waals surface area contributed by atoms with Gasteiger partial charge in [-0.2, -0.15) is 0 Å². The quantitative estimate of drug-likeness (QED) is 0.403. The predicted molar refractivity (Wildman–Crippen MR) is 54.2 cm³/mol. The summed E-state index contributed by atoms with van der Waals surface area (Å²) in [5.74, 6) is 0. The normalized spacial score (nSPS) is 7.29. The third-order valence-electron chi connectivity index (χ3n) is 0.841. The van der Waals surface area contributed by atoms with Crippen LogP contribution in [0.3, 0.4) is 0 Å². The SMILES string of the molecule is O=C(O)O.O=C(O)OC(=O)O.c1ccccc1. The summed E-state index contributed by atoms with van der Waals surface area (Å²) in [6.07, 6.45) is -5.46. The summed E-state index contributed by atoms with van der Waals surface area (Å²) < 4.78 is 3.08. The molecule has 1 aromatic carbocycles. The third kappa shape index (κ3) is 31.9. The lowest BCUT2D eigenvalue weighted by atomic mass is 10.4. The molecule has 0 aromatic heterocycles. The largest absolute Gasteiger partial charge is 0.516 e. The summed E-state index contributed by atoms with van der Waals surface area (Å²) in [7, 11) is 0. The highest BCUT2D eigenvalue weighted by molar-refractivity contribution is 5.74. The van der Waals surface area contributed by atoms with Crippen LogP contribution in [0.25, 0.3) is 0 Å². The summed E-state index contributed by atoms with van der Waals surface area (Å²) in [5, 5.41) is 28.9. The molecule has 0 aliphatic rings. The Balaban J connectivity index is 0. The predicted octanol–water partition coefficient (Wildman–Crippen LogP) is 2.27. The lowest BCUT2D eigenvalue weighted by molar-refractivity contribution is 0.0801. The van der Waals surface area contributed by atoms with Crippen molar-refractivity contribution in [3.05, 3.63) is 36.4 Å². The lowest BCUT2D eigenvalue weighted by Gasteiger charge is -1.84. The highest BCUT2D eigenvalue weighted by Crippen LogP contribution is 1.79. The fourth-order valence-corrected chi connectivity index (χ4v) is 0.460. The molecule has 0 spiro atoms. The Morgan fingerprint density at radius 1 is 0.647 bits per heavy atom. The zero-order valence-electron chi connectivity index (χ0n) is 8.39. The molecule has 0 unspecified atom stereocenters. The van der Waals surface area contributed by atoms with Gasteiger partial charge in [-0.25, -0.2) is 14.4 Å². The number of ether oxygens (including phenoxy) is 1. The van der Waals surface area contributed by atoms with Crippen LogP contribution in [0.15, 0.2) is 36.4 Å². The topological polar surface area (TPSA) is 141 Å². The summed E-state index contributed by atoms with van der Waals surface area (Å²) in [4.78, 5) is 27.0. The van der Waals surface area contributed by atoms with Crippen LogP contribution in [0, 0.1) is 0 Å². The Morgan fingerprint density at radius 2 is 0.824 bits per heavy atom. The van der Waals surface area contributed by atoms with E-state index in [0.29, 0.717) is 0 Å². The van der Waals surface area contributed by atoms with E-state index >= 15 is 0 Å². The van der Waals surface area contributed by atoms with Crippen molar-refractivity contribution in [3.8, 4) is 0 Å². The van der Waals surface area contributed by atoms with Gasteiger partial charge in [0.25, 0.3) is 0 Å². The van der Waals surface area contributed by atoms with Crippen LogP contribution in [0.2, 0.25) is 0 Å². The van der Waals surface area contributed by atoms with Gasteiger partial charge in [-0.15, -0.1) is 0 Å². The van der Waals surface area contributed by atoms with Crippen molar-refractivity contribution < 1.29 is 39.5 Å². The molecular weight excluding hydrogens is 236 g/mol. The molecule has 0 bridgehead atoms. The van der Waals surface area contributed by atoms with Crippen molar-refractivity contribution in [2.24, 2.45) is 0 Å². The molecule has 0 atom stereocenters. The van der Waals surface area contributed by atoms with E-state index < -0.39 is 18.5 Å². The molecule has 0 amide bonds. The highest BCUT2D eigenvalue weighted by Gasteiger charge is 2.01. The van der Waals surface area contributed by atoms with Gasteiger partial charge in [0.2, 0.25) is 0 Å². The Morgan fingerprint density at radius 3 is 0.882 bits per heavy atom. The van der Waals surface area contributed by atoms with Crippen molar-refractivity contribution in [1.29, 1.82) is 0 Å². The van der Waals surface area contributed by atoms with Crippen molar-refractivity contribution in [2.45, 2.75) is 0 Å². The maximum Gasteiger partial charge on any atom is 0.516 e. The van der Waals surface area contributed by atoms with Gasteiger partial charge in [-0.1, -0.05) is 36.4 Å². The molecule has 1 rings (SSSR count). The molecule has 0 radical (unpaired) electrons. The van der Waals surface area contributed by atoms with E-state index in [1.807, 2.05) is 36.4 Å². The van der Waals surface area contributed by atoms with E-state index in [4.69, 9.17) is 25.2 Å². The van der Waals surface area contributed by atoms with Crippen LogP contribution in [0.1, 0.15) is 0 Å². The van der Waals surface area contributed by atoms with Crippen molar-refractivity contribution in [2.75, 3.05) is 0 Å². The number of carbonyl (C=O) groups is 3. The molecule has 17 heavy (non-hydrogen) atoms. The molecule has 8 heteroatoms. The molecule has 4 N–H and O–H groups in total. The van der Waals surface area contributed by atoms with Gasteiger partial charge in [-0.05, 0) is 0 Å². The van der Waals surface area contributed by atoms with Gasteiger partial charge < -0.3 is 25.2 Å².